The molecule has 0 atom stereocenters. The Morgan fingerprint density at radius 3 is 2.76 bits per heavy atom. The number of carbonyl (C=O) groups excluding carboxylic acids is 2. The molecule has 0 aliphatic carbocycles. The Morgan fingerprint density at radius 1 is 1.28 bits per heavy atom. The SMILES string of the molecule is Nc1cc(Cn2c(C(=O)O)c(C3=CNC(=O)CC3=O)c3cc(Cl)ccc32)ccn1. The average molecular weight is 411 g/mol. The number of carboxylic acid groups (broad SMARTS) is 1. The fraction of sp³-hybridized carbons (Fsp3) is 0.100. The van der Waals surface area contributed by atoms with Gasteiger partial charge in [-0.05, 0) is 35.9 Å². The predicted molar refractivity (Wildman–Crippen MR) is 107 cm³/mol. The van der Waals surface area contributed by atoms with E-state index in [1.807, 2.05) is 0 Å². The first-order valence-corrected chi connectivity index (χ1v) is 9.01. The van der Waals surface area contributed by atoms with Crippen LogP contribution in [0.15, 0.2) is 42.7 Å². The summed E-state index contributed by atoms with van der Waals surface area (Å²) >= 11 is 6.16. The Labute approximate surface area is 169 Å². The molecule has 0 saturated carbocycles. The second-order valence-electron chi connectivity index (χ2n) is 6.59. The molecule has 8 nitrogen and oxygen atoms in total. The normalized spacial score (nSPS) is 14.0. The first-order valence-electron chi connectivity index (χ1n) is 8.63. The molecule has 0 unspecified atom stereocenters. The molecule has 1 amide bonds. The van der Waals surface area contributed by atoms with Crippen molar-refractivity contribution in [1.82, 2.24) is 14.9 Å². The summed E-state index contributed by atoms with van der Waals surface area (Å²) in [6, 6.07) is 8.34. The molecule has 29 heavy (non-hydrogen) atoms. The highest BCUT2D eigenvalue weighted by Crippen LogP contribution is 2.35. The van der Waals surface area contributed by atoms with E-state index in [1.54, 1.807) is 34.9 Å². The maximum Gasteiger partial charge on any atom is 0.353 e. The molecule has 0 spiro atoms. The molecule has 4 N–H and O–H groups in total. The lowest BCUT2D eigenvalue weighted by Gasteiger charge is -2.14. The molecule has 0 radical (unpaired) electrons. The van der Waals surface area contributed by atoms with Gasteiger partial charge in [-0.2, -0.15) is 0 Å². The molecular weight excluding hydrogens is 396 g/mol. The van der Waals surface area contributed by atoms with Gasteiger partial charge in [0.2, 0.25) is 5.91 Å². The number of amides is 1. The molecule has 2 aromatic heterocycles. The van der Waals surface area contributed by atoms with Crippen molar-refractivity contribution in [1.29, 1.82) is 0 Å². The number of carboxylic acids is 1. The lowest BCUT2D eigenvalue weighted by molar-refractivity contribution is -0.125. The molecule has 3 heterocycles. The highest BCUT2D eigenvalue weighted by molar-refractivity contribution is 6.33. The lowest BCUT2D eigenvalue weighted by atomic mass is 9.95. The summed E-state index contributed by atoms with van der Waals surface area (Å²) in [5, 5.41) is 13.4. The molecule has 1 aliphatic heterocycles. The molecule has 9 heteroatoms. The Morgan fingerprint density at radius 2 is 2.07 bits per heavy atom. The summed E-state index contributed by atoms with van der Waals surface area (Å²) in [5.74, 6) is -1.79. The number of nitrogens with two attached hydrogens (primary N) is 1. The number of benzene rings is 1. The number of anilines is 1. The number of allylic oxidation sites excluding steroid dienone is 1. The Balaban J connectivity index is 2.01. The number of ketones is 1. The van der Waals surface area contributed by atoms with E-state index in [0.717, 1.165) is 5.56 Å². The maximum atomic E-state index is 12.5. The van der Waals surface area contributed by atoms with Gasteiger partial charge in [0.15, 0.2) is 5.78 Å². The third kappa shape index (κ3) is 3.34. The van der Waals surface area contributed by atoms with E-state index in [9.17, 15) is 19.5 Å². The van der Waals surface area contributed by atoms with Crippen molar-refractivity contribution in [2.24, 2.45) is 0 Å². The van der Waals surface area contributed by atoms with Gasteiger partial charge >= 0.3 is 5.97 Å². The predicted octanol–water partition coefficient (Wildman–Crippen LogP) is 2.45. The number of nitrogens with one attached hydrogen (secondary N) is 1. The molecule has 0 fully saturated rings. The molecule has 0 saturated heterocycles. The summed E-state index contributed by atoms with van der Waals surface area (Å²) in [6.07, 6.45) is 2.45. The van der Waals surface area contributed by atoms with Gasteiger partial charge in [-0.25, -0.2) is 9.78 Å². The average Bonchev–Trinajstić information content (AvgIpc) is 2.95. The number of rotatable bonds is 4. The Kier molecular flexibility index (Phi) is 4.56. The van der Waals surface area contributed by atoms with Gasteiger partial charge in [0.05, 0.1) is 6.42 Å². The van der Waals surface area contributed by atoms with E-state index < -0.39 is 17.7 Å². The van der Waals surface area contributed by atoms with Gasteiger partial charge < -0.3 is 20.7 Å². The van der Waals surface area contributed by atoms with E-state index in [2.05, 4.69) is 10.3 Å². The molecule has 1 aliphatic rings. The zero-order chi connectivity index (χ0) is 20.7. The number of halogens is 1. The van der Waals surface area contributed by atoms with Gasteiger partial charge in [-0.1, -0.05) is 11.6 Å². The van der Waals surface area contributed by atoms with Crippen molar-refractivity contribution in [2.75, 3.05) is 5.73 Å². The van der Waals surface area contributed by atoms with E-state index >= 15 is 0 Å². The Hall–Kier alpha value is -3.65. The van der Waals surface area contributed by atoms with Crippen LogP contribution in [0.3, 0.4) is 0 Å². The summed E-state index contributed by atoms with van der Waals surface area (Å²) in [7, 11) is 0. The molecule has 4 rings (SSSR count). The topological polar surface area (TPSA) is 127 Å². The minimum absolute atomic E-state index is 0.0756. The maximum absolute atomic E-state index is 12.5. The number of pyridine rings is 1. The van der Waals surface area contributed by atoms with Crippen LogP contribution in [-0.2, 0) is 16.1 Å². The van der Waals surface area contributed by atoms with Crippen LogP contribution in [0.25, 0.3) is 16.5 Å². The zero-order valence-electron chi connectivity index (χ0n) is 15.0. The fourth-order valence-electron chi connectivity index (χ4n) is 3.50. The van der Waals surface area contributed by atoms with Gasteiger partial charge in [0, 0.05) is 46.0 Å². The monoisotopic (exact) mass is 410 g/mol. The number of carbonyl (C=O) groups is 3. The molecular formula is C20H15ClN4O4. The van der Waals surface area contributed by atoms with Crippen LogP contribution in [0.2, 0.25) is 5.02 Å². The molecule has 146 valence electrons. The van der Waals surface area contributed by atoms with Crippen molar-refractivity contribution in [3.63, 3.8) is 0 Å². The van der Waals surface area contributed by atoms with Gasteiger partial charge in [-0.15, -0.1) is 0 Å². The summed E-state index contributed by atoms with van der Waals surface area (Å²) in [4.78, 5) is 40.3. The summed E-state index contributed by atoms with van der Waals surface area (Å²) in [6.45, 7) is 0.195. The van der Waals surface area contributed by atoms with Crippen LogP contribution < -0.4 is 11.1 Å². The highest BCUT2D eigenvalue weighted by Gasteiger charge is 2.30. The Bertz CT molecular complexity index is 1230. The summed E-state index contributed by atoms with van der Waals surface area (Å²) < 4.78 is 1.59. The minimum atomic E-state index is -1.21. The van der Waals surface area contributed by atoms with Crippen LogP contribution in [0.1, 0.15) is 28.0 Å². The number of fused-ring (bicyclic) bond motifs is 1. The van der Waals surface area contributed by atoms with Gasteiger partial charge in [-0.3, -0.25) is 9.59 Å². The number of aromatic carboxylic acids is 1. The number of nitrogens with zero attached hydrogens (tertiary/aromatic N) is 2. The van der Waals surface area contributed by atoms with Crippen LogP contribution in [0.5, 0.6) is 0 Å². The van der Waals surface area contributed by atoms with E-state index in [4.69, 9.17) is 17.3 Å². The smallest absolute Gasteiger partial charge is 0.353 e. The third-order valence-electron chi connectivity index (χ3n) is 4.68. The number of hydrogen-bond donors (Lipinski definition) is 3. The number of aromatic nitrogens is 2. The number of nitrogen functional groups attached to an aromatic ring is 1. The second-order valence-corrected chi connectivity index (χ2v) is 7.03. The molecule has 3 aromatic rings. The number of hydrogen-bond acceptors (Lipinski definition) is 5. The zero-order valence-corrected chi connectivity index (χ0v) is 15.7. The van der Waals surface area contributed by atoms with Crippen molar-refractivity contribution in [3.05, 3.63) is 64.6 Å². The number of Topliss-reactive ketones (excluding diaryl/α,β-unsaturated/α-hetero) is 1. The fourth-order valence-corrected chi connectivity index (χ4v) is 3.67. The van der Waals surface area contributed by atoms with Crippen molar-refractivity contribution in [3.8, 4) is 0 Å². The van der Waals surface area contributed by atoms with Crippen molar-refractivity contribution >= 4 is 51.6 Å². The molecule has 0 bridgehead atoms. The van der Waals surface area contributed by atoms with E-state index in [1.165, 1.54) is 12.4 Å². The highest BCUT2D eigenvalue weighted by atomic mass is 35.5. The van der Waals surface area contributed by atoms with Gasteiger partial charge in [0.25, 0.3) is 0 Å². The second kappa shape index (κ2) is 7.06. The first kappa shape index (κ1) is 18.7. The molecule has 1 aromatic carbocycles. The van der Waals surface area contributed by atoms with E-state index in [0.29, 0.717) is 21.7 Å². The summed E-state index contributed by atoms with van der Waals surface area (Å²) in [5.41, 5.74) is 7.36. The van der Waals surface area contributed by atoms with Crippen LogP contribution in [-0.4, -0.2) is 32.3 Å². The van der Waals surface area contributed by atoms with Crippen molar-refractivity contribution in [2.45, 2.75) is 13.0 Å². The van der Waals surface area contributed by atoms with E-state index in [-0.39, 0.29) is 29.8 Å². The lowest BCUT2D eigenvalue weighted by Crippen LogP contribution is -2.28. The third-order valence-corrected chi connectivity index (χ3v) is 4.92. The van der Waals surface area contributed by atoms with Crippen LogP contribution in [0.4, 0.5) is 5.82 Å². The van der Waals surface area contributed by atoms with Crippen LogP contribution in [0, 0.1) is 0 Å². The largest absolute Gasteiger partial charge is 0.477 e. The van der Waals surface area contributed by atoms with Crippen molar-refractivity contribution < 1.29 is 19.5 Å². The standard InChI is InChI=1S/C20H15ClN4O4/c21-11-1-2-14-12(6-11)18(13-8-24-17(27)7-15(13)26)19(20(28)29)25(14)9-10-3-4-23-16(22)5-10/h1-6,8H,7,9H2,(H2,22,23)(H,24,27)(H,28,29). The van der Waals surface area contributed by atoms with Crippen LogP contribution >= 0.6 is 11.6 Å². The quantitative estimate of drug-likeness (QED) is 0.567. The first-order chi connectivity index (χ1) is 13.8. The van der Waals surface area contributed by atoms with Gasteiger partial charge in [0.1, 0.15) is 11.5 Å². The minimum Gasteiger partial charge on any atom is -0.477 e.